The van der Waals surface area contributed by atoms with Crippen molar-refractivity contribution in [2.24, 2.45) is 0 Å². The molecule has 0 aliphatic heterocycles. The third kappa shape index (κ3) is 0.910. The summed E-state index contributed by atoms with van der Waals surface area (Å²) in [5, 5.41) is 13.4. The van der Waals surface area contributed by atoms with Crippen LogP contribution >= 0.6 is 0 Å². The number of aromatic nitrogens is 1. The SMILES string of the molecule is Cc1nocc1C(=O)[O-]. The lowest BCUT2D eigenvalue weighted by molar-refractivity contribution is -0.255. The lowest BCUT2D eigenvalue weighted by Crippen LogP contribution is -2.22. The van der Waals surface area contributed by atoms with E-state index in [-0.39, 0.29) is 5.56 Å². The van der Waals surface area contributed by atoms with Crippen molar-refractivity contribution in [2.45, 2.75) is 6.92 Å². The van der Waals surface area contributed by atoms with Gasteiger partial charge in [0.15, 0.2) is 0 Å². The normalized spacial score (nSPS) is 9.44. The van der Waals surface area contributed by atoms with E-state index >= 15 is 0 Å². The van der Waals surface area contributed by atoms with Gasteiger partial charge >= 0.3 is 0 Å². The second-order valence-corrected chi connectivity index (χ2v) is 1.60. The summed E-state index contributed by atoms with van der Waals surface area (Å²) in [6.45, 7) is 1.54. The molecule has 48 valence electrons. The van der Waals surface area contributed by atoms with Crippen LogP contribution in [-0.2, 0) is 0 Å². The van der Waals surface area contributed by atoms with E-state index < -0.39 is 5.97 Å². The van der Waals surface area contributed by atoms with Gasteiger partial charge in [0.25, 0.3) is 0 Å². The van der Waals surface area contributed by atoms with Gasteiger partial charge < -0.3 is 14.4 Å². The maximum Gasteiger partial charge on any atom is 0.133 e. The monoisotopic (exact) mass is 126 g/mol. The van der Waals surface area contributed by atoms with Crippen LogP contribution in [0, 0.1) is 6.92 Å². The van der Waals surface area contributed by atoms with Crippen molar-refractivity contribution < 1.29 is 14.4 Å². The molecular formula is C5H4NO3-. The zero-order valence-electron chi connectivity index (χ0n) is 4.75. The summed E-state index contributed by atoms with van der Waals surface area (Å²) in [6, 6.07) is 0. The van der Waals surface area contributed by atoms with Crippen LogP contribution in [0.5, 0.6) is 0 Å². The molecule has 0 atom stereocenters. The Hall–Kier alpha value is -1.32. The van der Waals surface area contributed by atoms with Gasteiger partial charge in [-0.05, 0) is 6.92 Å². The Morgan fingerprint density at radius 2 is 2.56 bits per heavy atom. The second kappa shape index (κ2) is 1.89. The third-order valence-electron chi connectivity index (χ3n) is 0.970. The summed E-state index contributed by atoms with van der Waals surface area (Å²) in [6.07, 6.45) is 1.05. The Bertz CT molecular complexity index is 228. The molecule has 0 fully saturated rings. The fourth-order valence-corrected chi connectivity index (χ4v) is 0.488. The molecular weight excluding hydrogens is 122 g/mol. The van der Waals surface area contributed by atoms with E-state index in [1.807, 2.05) is 0 Å². The third-order valence-corrected chi connectivity index (χ3v) is 0.970. The van der Waals surface area contributed by atoms with Crippen LogP contribution in [0.2, 0.25) is 0 Å². The summed E-state index contributed by atoms with van der Waals surface area (Å²) >= 11 is 0. The van der Waals surface area contributed by atoms with Gasteiger partial charge in [0.1, 0.15) is 6.26 Å². The van der Waals surface area contributed by atoms with Gasteiger partial charge in [0, 0.05) is 0 Å². The average molecular weight is 126 g/mol. The summed E-state index contributed by atoms with van der Waals surface area (Å²) in [4.78, 5) is 10.1. The number of carbonyl (C=O) groups excluding carboxylic acids is 1. The average Bonchev–Trinajstić information content (AvgIpc) is 2.13. The molecule has 1 rings (SSSR count). The first kappa shape index (κ1) is 5.81. The number of aromatic carboxylic acids is 1. The molecule has 4 nitrogen and oxygen atoms in total. The maximum atomic E-state index is 10.1. The molecule has 0 aliphatic rings. The summed E-state index contributed by atoms with van der Waals surface area (Å²) < 4.78 is 4.34. The number of nitrogens with zero attached hydrogens (tertiary/aromatic N) is 1. The maximum absolute atomic E-state index is 10.1. The number of hydrogen-bond donors (Lipinski definition) is 0. The van der Waals surface area contributed by atoms with Gasteiger partial charge in [-0.25, -0.2) is 0 Å². The van der Waals surface area contributed by atoms with Crippen molar-refractivity contribution in [1.82, 2.24) is 5.16 Å². The van der Waals surface area contributed by atoms with E-state index in [9.17, 15) is 9.90 Å². The molecule has 0 aliphatic carbocycles. The molecule has 1 aromatic rings. The van der Waals surface area contributed by atoms with Gasteiger partial charge in [-0.15, -0.1) is 0 Å². The number of carbonyl (C=O) groups is 1. The van der Waals surface area contributed by atoms with Crippen LogP contribution in [0.3, 0.4) is 0 Å². The number of carboxylic acid groups (broad SMARTS) is 1. The van der Waals surface area contributed by atoms with Gasteiger partial charge in [-0.1, -0.05) is 5.16 Å². The summed E-state index contributed by atoms with van der Waals surface area (Å²) in [7, 11) is 0. The Labute approximate surface area is 51.1 Å². The number of hydrogen-bond acceptors (Lipinski definition) is 4. The van der Waals surface area contributed by atoms with Crippen molar-refractivity contribution in [3.8, 4) is 0 Å². The molecule has 0 N–H and O–H groups in total. The van der Waals surface area contributed by atoms with E-state index in [0.29, 0.717) is 5.69 Å². The highest BCUT2D eigenvalue weighted by Crippen LogP contribution is 2.01. The molecule has 0 spiro atoms. The van der Waals surface area contributed by atoms with Crippen LogP contribution in [-0.4, -0.2) is 11.1 Å². The molecule has 0 saturated carbocycles. The number of carboxylic acids is 1. The van der Waals surface area contributed by atoms with Crippen LogP contribution in [0.4, 0.5) is 0 Å². The Balaban J connectivity index is 3.08. The van der Waals surface area contributed by atoms with E-state index in [1.54, 1.807) is 0 Å². The van der Waals surface area contributed by atoms with Gasteiger partial charge in [0.05, 0.1) is 17.2 Å². The van der Waals surface area contributed by atoms with Crippen LogP contribution in [0.25, 0.3) is 0 Å². The molecule has 0 saturated heterocycles. The zero-order chi connectivity index (χ0) is 6.85. The Morgan fingerprint density at radius 1 is 1.89 bits per heavy atom. The zero-order valence-corrected chi connectivity index (χ0v) is 4.75. The molecule has 0 aromatic carbocycles. The molecule has 0 unspecified atom stereocenters. The van der Waals surface area contributed by atoms with Crippen LogP contribution in [0.15, 0.2) is 10.8 Å². The standard InChI is InChI=1S/C5H5NO3/c1-3-4(5(7)8)2-9-6-3/h2H,1H3,(H,7,8)/p-1. The predicted molar refractivity (Wildman–Crippen MR) is 25.6 cm³/mol. The van der Waals surface area contributed by atoms with Crippen LogP contribution < -0.4 is 5.11 Å². The van der Waals surface area contributed by atoms with E-state index in [0.717, 1.165) is 6.26 Å². The Kier molecular flexibility index (Phi) is 1.22. The van der Waals surface area contributed by atoms with Crippen molar-refractivity contribution in [3.05, 3.63) is 17.5 Å². The first-order valence-corrected chi connectivity index (χ1v) is 2.34. The van der Waals surface area contributed by atoms with Crippen LogP contribution in [0.1, 0.15) is 16.1 Å². The predicted octanol–water partition coefficient (Wildman–Crippen LogP) is -0.653. The highest BCUT2D eigenvalue weighted by Gasteiger charge is 2.00. The molecule has 1 heterocycles. The highest BCUT2D eigenvalue weighted by molar-refractivity contribution is 5.86. The van der Waals surface area contributed by atoms with Gasteiger partial charge in [0.2, 0.25) is 0 Å². The molecule has 0 radical (unpaired) electrons. The van der Waals surface area contributed by atoms with Gasteiger partial charge in [-0.3, -0.25) is 0 Å². The highest BCUT2D eigenvalue weighted by atomic mass is 16.5. The lowest BCUT2D eigenvalue weighted by Gasteiger charge is -1.93. The largest absolute Gasteiger partial charge is 0.545 e. The smallest absolute Gasteiger partial charge is 0.133 e. The quantitative estimate of drug-likeness (QED) is 0.501. The van der Waals surface area contributed by atoms with E-state index in [2.05, 4.69) is 9.68 Å². The first-order valence-electron chi connectivity index (χ1n) is 2.34. The van der Waals surface area contributed by atoms with E-state index in [1.165, 1.54) is 6.92 Å². The second-order valence-electron chi connectivity index (χ2n) is 1.60. The topological polar surface area (TPSA) is 66.2 Å². The molecule has 0 amide bonds. The summed E-state index contributed by atoms with van der Waals surface area (Å²) in [5.41, 5.74) is 0.352. The van der Waals surface area contributed by atoms with Crippen molar-refractivity contribution in [1.29, 1.82) is 0 Å². The molecule has 0 bridgehead atoms. The molecule has 9 heavy (non-hydrogen) atoms. The minimum Gasteiger partial charge on any atom is -0.545 e. The van der Waals surface area contributed by atoms with Crippen molar-refractivity contribution >= 4 is 5.97 Å². The van der Waals surface area contributed by atoms with Gasteiger partial charge in [-0.2, -0.15) is 0 Å². The first-order chi connectivity index (χ1) is 4.22. The van der Waals surface area contributed by atoms with Crippen molar-refractivity contribution in [2.75, 3.05) is 0 Å². The van der Waals surface area contributed by atoms with E-state index in [4.69, 9.17) is 0 Å². The minimum atomic E-state index is -1.26. The number of rotatable bonds is 1. The molecule has 1 aromatic heterocycles. The lowest BCUT2D eigenvalue weighted by atomic mass is 10.3. The summed E-state index contributed by atoms with van der Waals surface area (Å²) in [5.74, 6) is -1.26. The Morgan fingerprint density at radius 3 is 2.78 bits per heavy atom. The molecule has 4 heteroatoms. The minimum absolute atomic E-state index is 0.00926. The number of aryl methyl sites for hydroxylation is 1. The van der Waals surface area contributed by atoms with Crippen molar-refractivity contribution in [3.63, 3.8) is 0 Å². The fraction of sp³-hybridized carbons (Fsp3) is 0.200. The fourth-order valence-electron chi connectivity index (χ4n) is 0.488.